The summed E-state index contributed by atoms with van der Waals surface area (Å²) >= 11 is 1.34. The maximum atomic E-state index is 13.6. The zero-order chi connectivity index (χ0) is 23.7. The number of hydrogen-bond donors (Lipinski definition) is 0. The molecule has 1 atom stereocenters. The molecule has 0 radical (unpaired) electrons. The number of aryl methyl sites for hydroxylation is 1. The molecule has 0 bridgehead atoms. The Balaban J connectivity index is 1.64. The molecule has 7 nitrogen and oxygen atoms in total. The van der Waals surface area contributed by atoms with Gasteiger partial charge in [0.2, 0.25) is 10.9 Å². The fourth-order valence-corrected chi connectivity index (χ4v) is 5.04. The number of carbonyl (C=O) groups is 1. The third kappa shape index (κ3) is 3.88. The molecular formula is C26H25N3O4S. The van der Waals surface area contributed by atoms with Gasteiger partial charge in [0, 0.05) is 0 Å². The van der Waals surface area contributed by atoms with Gasteiger partial charge in [-0.1, -0.05) is 62.3 Å². The summed E-state index contributed by atoms with van der Waals surface area (Å²) in [5, 5.41) is 10.2. The lowest BCUT2D eigenvalue weighted by Crippen LogP contribution is -2.29. The van der Waals surface area contributed by atoms with Gasteiger partial charge in [-0.15, -0.1) is 10.2 Å². The van der Waals surface area contributed by atoms with E-state index in [0.29, 0.717) is 40.4 Å². The maximum absolute atomic E-state index is 13.6. The number of ether oxygens (including phenoxy) is 1. The van der Waals surface area contributed by atoms with Crippen molar-refractivity contribution in [3.63, 3.8) is 0 Å². The van der Waals surface area contributed by atoms with Crippen molar-refractivity contribution in [1.29, 1.82) is 0 Å². The van der Waals surface area contributed by atoms with Crippen LogP contribution in [0.3, 0.4) is 0 Å². The van der Waals surface area contributed by atoms with Gasteiger partial charge in [-0.25, -0.2) is 0 Å². The average molecular weight is 476 g/mol. The molecule has 1 aliphatic heterocycles. The molecule has 1 aliphatic rings. The van der Waals surface area contributed by atoms with Crippen LogP contribution in [0.1, 0.15) is 65.8 Å². The number of para-hydroxylation sites is 1. The van der Waals surface area contributed by atoms with Gasteiger partial charge >= 0.3 is 0 Å². The summed E-state index contributed by atoms with van der Waals surface area (Å²) in [7, 11) is 0. The highest BCUT2D eigenvalue weighted by Crippen LogP contribution is 2.42. The zero-order valence-electron chi connectivity index (χ0n) is 19.1. The van der Waals surface area contributed by atoms with E-state index in [1.165, 1.54) is 16.2 Å². The normalized spacial score (nSPS) is 15.2. The number of nitrogens with zero attached hydrogens (tertiary/aromatic N) is 3. The third-order valence-corrected chi connectivity index (χ3v) is 7.00. The van der Waals surface area contributed by atoms with Crippen LogP contribution in [0.2, 0.25) is 0 Å². The number of aromatic nitrogens is 2. The van der Waals surface area contributed by atoms with Gasteiger partial charge in [0.15, 0.2) is 5.43 Å². The molecule has 34 heavy (non-hydrogen) atoms. The second kappa shape index (κ2) is 9.38. The Hall–Kier alpha value is -3.52. The van der Waals surface area contributed by atoms with Gasteiger partial charge in [0.05, 0.1) is 23.6 Å². The number of rotatable bonds is 8. The van der Waals surface area contributed by atoms with E-state index in [0.717, 1.165) is 29.8 Å². The zero-order valence-corrected chi connectivity index (χ0v) is 19.9. The number of carbonyl (C=O) groups excluding carboxylic acids is 1. The minimum Gasteiger partial charge on any atom is -0.494 e. The number of benzene rings is 2. The molecule has 1 amide bonds. The molecule has 0 saturated heterocycles. The van der Waals surface area contributed by atoms with Crippen LogP contribution in [-0.4, -0.2) is 22.7 Å². The Morgan fingerprint density at radius 2 is 1.91 bits per heavy atom. The van der Waals surface area contributed by atoms with E-state index in [1.54, 1.807) is 24.3 Å². The lowest BCUT2D eigenvalue weighted by Gasteiger charge is -2.22. The fraction of sp³-hybridized carbons (Fsp3) is 0.308. The summed E-state index contributed by atoms with van der Waals surface area (Å²) in [6, 6.07) is 13.9. The molecule has 5 rings (SSSR count). The smallest absolute Gasteiger partial charge is 0.297 e. The van der Waals surface area contributed by atoms with Crippen molar-refractivity contribution in [1.82, 2.24) is 10.2 Å². The highest BCUT2D eigenvalue weighted by atomic mass is 32.1. The largest absolute Gasteiger partial charge is 0.494 e. The van der Waals surface area contributed by atoms with Crippen LogP contribution in [0.5, 0.6) is 5.75 Å². The third-order valence-electron chi connectivity index (χ3n) is 5.93. The first-order chi connectivity index (χ1) is 16.6. The van der Waals surface area contributed by atoms with Gasteiger partial charge in [0.1, 0.15) is 16.3 Å². The standard InChI is InChI=1S/C26H25N3O4S/c1-3-5-8-14-32-17-11-9-10-16(15-17)22-21-23(30)18-12-6-7-13-19(18)33-24(21)25(31)29(22)26-28-27-20(4-2)34-26/h6-7,9-13,15,22H,3-5,8,14H2,1-2H3. The van der Waals surface area contributed by atoms with Crippen molar-refractivity contribution in [3.8, 4) is 5.75 Å². The lowest BCUT2D eigenvalue weighted by molar-refractivity contribution is 0.0970. The monoisotopic (exact) mass is 475 g/mol. The van der Waals surface area contributed by atoms with Crippen LogP contribution in [0, 0.1) is 0 Å². The first-order valence-corrected chi connectivity index (χ1v) is 12.4. The Labute approximate surface area is 201 Å². The van der Waals surface area contributed by atoms with Crippen LogP contribution in [0.15, 0.2) is 57.7 Å². The van der Waals surface area contributed by atoms with E-state index < -0.39 is 11.9 Å². The van der Waals surface area contributed by atoms with Gasteiger partial charge in [-0.2, -0.15) is 0 Å². The van der Waals surface area contributed by atoms with E-state index in [1.807, 2.05) is 31.2 Å². The molecule has 3 heterocycles. The molecule has 1 unspecified atom stereocenters. The average Bonchev–Trinajstić information content (AvgIpc) is 3.45. The van der Waals surface area contributed by atoms with Gasteiger partial charge in [0.25, 0.3) is 5.91 Å². The predicted molar refractivity (Wildman–Crippen MR) is 132 cm³/mol. The van der Waals surface area contributed by atoms with Gasteiger partial charge in [-0.3, -0.25) is 14.5 Å². The minimum atomic E-state index is -0.680. The van der Waals surface area contributed by atoms with Crippen molar-refractivity contribution in [2.75, 3.05) is 11.5 Å². The Morgan fingerprint density at radius 1 is 1.06 bits per heavy atom. The maximum Gasteiger partial charge on any atom is 0.297 e. The van der Waals surface area contributed by atoms with Gasteiger partial charge < -0.3 is 9.15 Å². The Morgan fingerprint density at radius 3 is 2.71 bits per heavy atom. The van der Waals surface area contributed by atoms with E-state index in [9.17, 15) is 9.59 Å². The molecule has 0 aliphatic carbocycles. The Kier molecular flexibility index (Phi) is 6.15. The molecule has 0 N–H and O–H groups in total. The first-order valence-electron chi connectivity index (χ1n) is 11.6. The summed E-state index contributed by atoms with van der Waals surface area (Å²) in [6.45, 7) is 4.75. The quantitative estimate of drug-likeness (QED) is 0.312. The van der Waals surface area contributed by atoms with E-state index in [2.05, 4.69) is 17.1 Å². The van der Waals surface area contributed by atoms with Crippen molar-refractivity contribution < 1.29 is 13.9 Å². The van der Waals surface area contributed by atoms with Crippen LogP contribution in [-0.2, 0) is 6.42 Å². The lowest BCUT2D eigenvalue weighted by atomic mass is 9.98. The molecule has 2 aromatic carbocycles. The molecule has 2 aromatic heterocycles. The summed E-state index contributed by atoms with van der Waals surface area (Å²) < 4.78 is 11.9. The molecule has 8 heteroatoms. The van der Waals surface area contributed by atoms with Crippen LogP contribution >= 0.6 is 11.3 Å². The molecular weight excluding hydrogens is 450 g/mol. The molecule has 0 saturated carbocycles. The molecule has 0 spiro atoms. The number of anilines is 1. The summed E-state index contributed by atoms with van der Waals surface area (Å²) in [4.78, 5) is 28.7. The number of unbranched alkanes of at least 4 members (excludes halogenated alkanes) is 2. The fourth-order valence-electron chi connectivity index (χ4n) is 4.23. The second-order valence-electron chi connectivity index (χ2n) is 8.21. The van der Waals surface area contributed by atoms with Crippen LogP contribution in [0.4, 0.5) is 5.13 Å². The number of amides is 1. The second-order valence-corrected chi connectivity index (χ2v) is 9.25. The minimum absolute atomic E-state index is 0.0521. The number of fused-ring (bicyclic) bond motifs is 2. The van der Waals surface area contributed by atoms with E-state index >= 15 is 0 Å². The van der Waals surface area contributed by atoms with Crippen LogP contribution < -0.4 is 15.1 Å². The topological polar surface area (TPSA) is 85.5 Å². The SMILES string of the molecule is CCCCCOc1cccc(C2c3c(oc4ccccc4c3=O)C(=O)N2c2nnc(CC)s2)c1. The summed E-state index contributed by atoms with van der Waals surface area (Å²) in [5.41, 5.74) is 1.25. The summed E-state index contributed by atoms with van der Waals surface area (Å²) in [5.74, 6) is 0.360. The number of hydrogen-bond acceptors (Lipinski definition) is 7. The van der Waals surface area contributed by atoms with Gasteiger partial charge in [-0.05, 0) is 42.7 Å². The van der Waals surface area contributed by atoms with Crippen molar-refractivity contribution >= 4 is 33.3 Å². The predicted octanol–water partition coefficient (Wildman–Crippen LogP) is 5.53. The van der Waals surface area contributed by atoms with Crippen molar-refractivity contribution in [3.05, 3.63) is 80.6 Å². The highest BCUT2D eigenvalue weighted by molar-refractivity contribution is 7.15. The summed E-state index contributed by atoms with van der Waals surface area (Å²) in [6.07, 6.45) is 3.89. The van der Waals surface area contributed by atoms with E-state index in [4.69, 9.17) is 9.15 Å². The van der Waals surface area contributed by atoms with Crippen molar-refractivity contribution in [2.24, 2.45) is 0 Å². The van der Waals surface area contributed by atoms with Crippen molar-refractivity contribution in [2.45, 2.75) is 45.6 Å². The first kappa shape index (κ1) is 22.3. The molecule has 0 fully saturated rings. The Bertz CT molecular complexity index is 1410. The molecule has 174 valence electrons. The van der Waals surface area contributed by atoms with Crippen LogP contribution in [0.25, 0.3) is 11.0 Å². The molecule has 4 aromatic rings. The van der Waals surface area contributed by atoms with E-state index in [-0.39, 0.29) is 11.2 Å². The highest BCUT2D eigenvalue weighted by Gasteiger charge is 2.45.